The van der Waals surface area contributed by atoms with Crippen molar-refractivity contribution in [2.75, 3.05) is 6.61 Å². The van der Waals surface area contributed by atoms with E-state index in [4.69, 9.17) is 4.74 Å². The maximum Gasteiger partial charge on any atom is 0.222 e. The smallest absolute Gasteiger partial charge is 0.222 e. The Hall–Kier alpha value is -1.51. The molecule has 1 N–H and O–H groups in total. The summed E-state index contributed by atoms with van der Waals surface area (Å²) in [7, 11) is 0. The fraction of sp³-hybridized carbons (Fsp3) is 0.300. The average molecular weight is 177 g/mol. The van der Waals surface area contributed by atoms with Crippen LogP contribution in [0.2, 0.25) is 0 Å². The monoisotopic (exact) mass is 177 g/mol. The van der Waals surface area contributed by atoms with Gasteiger partial charge in [-0.25, -0.2) is 0 Å². The van der Waals surface area contributed by atoms with Crippen molar-refractivity contribution in [1.29, 1.82) is 0 Å². The zero-order valence-corrected chi connectivity index (χ0v) is 7.19. The molecule has 1 aromatic carbocycles. The molecule has 1 aliphatic rings. The zero-order chi connectivity index (χ0) is 9.10. The zero-order valence-electron chi connectivity index (χ0n) is 7.19. The molecule has 1 fully saturated rings. The minimum atomic E-state index is 0.113. The molecule has 3 heteroatoms. The van der Waals surface area contributed by atoms with Gasteiger partial charge in [0.1, 0.15) is 12.4 Å². The molecule has 0 aromatic heterocycles. The third-order valence-corrected chi connectivity index (χ3v) is 1.99. The number of ether oxygens (including phenoxy) is 1. The van der Waals surface area contributed by atoms with Crippen LogP contribution in [0.25, 0.3) is 0 Å². The van der Waals surface area contributed by atoms with Gasteiger partial charge in [0.05, 0.1) is 12.5 Å². The van der Waals surface area contributed by atoms with Gasteiger partial charge in [-0.05, 0) is 12.1 Å². The standard InChI is InChI=1S/C10H11NO2/c12-10-6-8(11-10)7-13-9-4-2-1-3-5-9/h1-5,8H,6-7H2,(H,11,12). The number of para-hydroxylation sites is 1. The summed E-state index contributed by atoms with van der Waals surface area (Å²) >= 11 is 0. The van der Waals surface area contributed by atoms with Crippen molar-refractivity contribution in [3.05, 3.63) is 30.3 Å². The summed E-state index contributed by atoms with van der Waals surface area (Å²) < 4.78 is 5.44. The van der Waals surface area contributed by atoms with E-state index in [1.165, 1.54) is 0 Å². The Morgan fingerprint density at radius 1 is 1.38 bits per heavy atom. The van der Waals surface area contributed by atoms with Crippen molar-refractivity contribution in [3.63, 3.8) is 0 Å². The lowest BCUT2D eigenvalue weighted by molar-refractivity contribution is -0.128. The third-order valence-electron chi connectivity index (χ3n) is 1.99. The fourth-order valence-corrected chi connectivity index (χ4v) is 1.24. The van der Waals surface area contributed by atoms with E-state index in [0.29, 0.717) is 13.0 Å². The molecule has 1 unspecified atom stereocenters. The molecule has 1 atom stereocenters. The molecule has 0 radical (unpaired) electrons. The molecule has 1 amide bonds. The molecular formula is C10H11NO2. The first-order valence-electron chi connectivity index (χ1n) is 4.32. The molecule has 1 aromatic rings. The number of hydrogen-bond acceptors (Lipinski definition) is 2. The van der Waals surface area contributed by atoms with E-state index in [1.54, 1.807) is 0 Å². The maximum absolute atomic E-state index is 10.6. The highest BCUT2D eigenvalue weighted by Gasteiger charge is 2.25. The molecule has 2 rings (SSSR count). The number of benzene rings is 1. The van der Waals surface area contributed by atoms with E-state index >= 15 is 0 Å². The Balaban J connectivity index is 1.77. The van der Waals surface area contributed by atoms with Crippen LogP contribution >= 0.6 is 0 Å². The molecule has 3 nitrogen and oxygen atoms in total. The van der Waals surface area contributed by atoms with Crippen LogP contribution in [0.1, 0.15) is 6.42 Å². The first kappa shape index (κ1) is 8.10. The van der Waals surface area contributed by atoms with Crippen LogP contribution in [0.3, 0.4) is 0 Å². The predicted octanol–water partition coefficient (Wildman–Crippen LogP) is 0.954. The molecular weight excluding hydrogens is 166 g/mol. The van der Waals surface area contributed by atoms with Crippen LogP contribution in [-0.2, 0) is 4.79 Å². The fourth-order valence-electron chi connectivity index (χ4n) is 1.24. The number of amides is 1. The number of β-lactam (4-membered cyclic amide) rings is 1. The van der Waals surface area contributed by atoms with E-state index in [-0.39, 0.29) is 11.9 Å². The molecule has 0 saturated carbocycles. The minimum absolute atomic E-state index is 0.113. The molecule has 1 heterocycles. The van der Waals surface area contributed by atoms with Gasteiger partial charge < -0.3 is 10.1 Å². The van der Waals surface area contributed by atoms with Crippen LogP contribution in [0.5, 0.6) is 5.75 Å². The Labute approximate surface area is 76.7 Å². The molecule has 0 aliphatic carbocycles. The van der Waals surface area contributed by atoms with Gasteiger partial charge in [0, 0.05) is 0 Å². The molecule has 0 spiro atoms. The lowest BCUT2D eigenvalue weighted by atomic mass is 10.1. The van der Waals surface area contributed by atoms with Gasteiger partial charge in [0.15, 0.2) is 0 Å². The molecule has 68 valence electrons. The van der Waals surface area contributed by atoms with Crippen molar-refractivity contribution >= 4 is 5.91 Å². The SMILES string of the molecule is O=C1CC(COc2ccccc2)N1. The van der Waals surface area contributed by atoms with Crippen LogP contribution in [0.15, 0.2) is 30.3 Å². The average Bonchev–Trinajstić information content (AvgIpc) is 2.12. The highest BCUT2D eigenvalue weighted by atomic mass is 16.5. The number of nitrogens with one attached hydrogen (secondary N) is 1. The lowest BCUT2D eigenvalue weighted by Crippen LogP contribution is -2.51. The van der Waals surface area contributed by atoms with E-state index in [1.807, 2.05) is 30.3 Å². The lowest BCUT2D eigenvalue weighted by Gasteiger charge is -2.26. The van der Waals surface area contributed by atoms with E-state index in [9.17, 15) is 4.79 Å². The van der Waals surface area contributed by atoms with Gasteiger partial charge in [0.25, 0.3) is 0 Å². The Morgan fingerprint density at radius 3 is 2.69 bits per heavy atom. The van der Waals surface area contributed by atoms with Crippen LogP contribution < -0.4 is 10.1 Å². The van der Waals surface area contributed by atoms with Crippen molar-refractivity contribution in [2.45, 2.75) is 12.5 Å². The number of carbonyl (C=O) groups is 1. The highest BCUT2D eigenvalue weighted by Crippen LogP contribution is 2.11. The number of rotatable bonds is 3. The Morgan fingerprint density at radius 2 is 2.08 bits per heavy atom. The summed E-state index contributed by atoms with van der Waals surface area (Å²) in [6.07, 6.45) is 0.590. The van der Waals surface area contributed by atoms with E-state index in [2.05, 4.69) is 5.32 Å². The summed E-state index contributed by atoms with van der Waals surface area (Å²) in [5.41, 5.74) is 0. The van der Waals surface area contributed by atoms with Crippen molar-refractivity contribution in [1.82, 2.24) is 5.32 Å². The minimum Gasteiger partial charge on any atom is -0.491 e. The van der Waals surface area contributed by atoms with Crippen LogP contribution in [-0.4, -0.2) is 18.6 Å². The van der Waals surface area contributed by atoms with Crippen molar-refractivity contribution < 1.29 is 9.53 Å². The number of hydrogen-bond donors (Lipinski definition) is 1. The quantitative estimate of drug-likeness (QED) is 0.698. The normalized spacial score (nSPS) is 20.3. The summed E-state index contributed by atoms with van der Waals surface area (Å²) in [4.78, 5) is 10.6. The molecule has 1 aliphatic heterocycles. The topological polar surface area (TPSA) is 38.3 Å². The Kier molecular flexibility index (Phi) is 2.17. The largest absolute Gasteiger partial charge is 0.491 e. The summed E-state index contributed by atoms with van der Waals surface area (Å²) in [6.45, 7) is 0.565. The van der Waals surface area contributed by atoms with Gasteiger partial charge in [-0.2, -0.15) is 0 Å². The highest BCUT2D eigenvalue weighted by molar-refractivity contribution is 5.82. The second kappa shape index (κ2) is 3.47. The second-order valence-corrected chi connectivity index (χ2v) is 3.09. The summed E-state index contributed by atoms with van der Waals surface area (Å²) in [5, 5.41) is 2.75. The predicted molar refractivity (Wildman–Crippen MR) is 48.5 cm³/mol. The first-order chi connectivity index (χ1) is 6.34. The van der Waals surface area contributed by atoms with E-state index < -0.39 is 0 Å². The van der Waals surface area contributed by atoms with Gasteiger partial charge in [0.2, 0.25) is 5.91 Å². The van der Waals surface area contributed by atoms with Gasteiger partial charge in [-0.15, -0.1) is 0 Å². The Bertz CT molecular complexity index is 289. The van der Waals surface area contributed by atoms with Gasteiger partial charge in [-0.1, -0.05) is 18.2 Å². The molecule has 13 heavy (non-hydrogen) atoms. The van der Waals surface area contributed by atoms with Crippen molar-refractivity contribution in [2.24, 2.45) is 0 Å². The summed E-state index contributed by atoms with van der Waals surface area (Å²) in [5.74, 6) is 0.963. The number of carbonyl (C=O) groups excluding carboxylic acids is 1. The van der Waals surface area contributed by atoms with Crippen LogP contribution in [0.4, 0.5) is 0 Å². The third kappa shape index (κ3) is 1.99. The van der Waals surface area contributed by atoms with Gasteiger partial charge in [-0.3, -0.25) is 4.79 Å². The molecule has 0 bridgehead atoms. The summed E-state index contributed by atoms with van der Waals surface area (Å²) in [6, 6.07) is 9.80. The molecule has 1 saturated heterocycles. The van der Waals surface area contributed by atoms with Gasteiger partial charge >= 0.3 is 0 Å². The second-order valence-electron chi connectivity index (χ2n) is 3.09. The van der Waals surface area contributed by atoms with Crippen LogP contribution in [0, 0.1) is 0 Å². The van der Waals surface area contributed by atoms with E-state index in [0.717, 1.165) is 5.75 Å². The maximum atomic E-state index is 10.6. The van der Waals surface area contributed by atoms with Crippen molar-refractivity contribution in [3.8, 4) is 5.75 Å². The first-order valence-corrected chi connectivity index (χ1v) is 4.32.